The summed E-state index contributed by atoms with van der Waals surface area (Å²) in [6.07, 6.45) is 5.38. The minimum Gasteiger partial charge on any atom is -0.314 e. The van der Waals surface area contributed by atoms with Gasteiger partial charge in [0.15, 0.2) is 0 Å². The van der Waals surface area contributed by atoms with Crippen LogP contribution in [0, 0.1) is 5.92 Å². The van der Waals surface area contributed by atoms with E-state index in [-0.39, 0.29) is 0 Å². The molecule has 2 aliphatic rings. The van der Waals surface area contributed by atoms with Gasteiger partial charge in [-0.2, -0.15) is 0 Å². The van der Waals surface area contributed by atoms with E-state index < -0.39 is 0 Å². The first-order chi connectivity index (χ1) is 9.70. The van der Waals surface area contributed by atoms with Crippen LogP contribution in [0.4, 0.5) is 0 Å². The summed E-state index contributed by atoms with van der Waals surface area (Å²) < 4.78 is 0. The molecular weight excluding hydrogens is 291 g/mol. The van der Waals surface area contributed by atoms with Crippen LogP contribution < -0.4 is 5.32 Å². The first-order valence-corrected chi connectivity index (χ1v) is 8.36. The summed E-state index contributed by atoms with van der Waals surface area (Å²) in [5.74, 6) is 0.862. The van der Waals surface area contributed by atoms with E-state index in [4.69, 9.17) is 23.2 Å². The van der Waals surface area contributed by atoms with Crippen molar-refractivity contribution in [2.45, 2.75) is 38.3 Å². The van der Waals surface area contributed by atoms with E-state index in [0.717, 1.165) is 18.5 Å². The lowest BCUT2D eigenvalue weighted by molar-refractivity contribution is 0.175. The van der Waals surface area contributed by atoms with Gasteiger partial charge in [-0.15, -0.1) is 0 Å². The van der Waals surface area contributed by atoms with Crippen LogP contribution in [0.1, 0.15) is 31.2 Å². The average Bonchev–Trinajstić information content (AvgIpc) is 3.26. The minimum absolute atomic E-state index is 0.639. The number of nitrogens with one attached hydrogen (secondary N) is 1. The Morgan fingerprint density at radius 1 is 1.05 bits per heavy atom. The molecule has 2 nitrogen and oxygen atoms in total. The molecule has 0 radical (unpaired) electrons. The molecule has 1 aliphatic carbocycles. The van der Waals surface area contributed by atoms with Gasteiger partial charge in [0, 0.05) is 12.6 Å². The number of hydrogen-bond acceptors (Lipinski definition) is 2. The molecule has 20 heavy (non-hydrogen) atoms. The summed E-state index contributed by atoms with van der Waals surface area (Å²) in [6.45, 7) is 4.58. The number of piperidine rings is 1. The molecule has 110 valence electrons. The smallest absolute Gasteiger partial charge is 0.0595 e. The molecule has 0 spiro atoms. The Hall–Kier alpha value is -0.280. The van der Waals surface area contributed by atoms with Gasteiger partial charge in [0.05, 0.1) is 10.0 Å². The molecule has 0 bridgehead atoms. The molecule has 1 saturated heterocycles. The van der Waals surface area contributed by atoms with E-state index in [1.165, 1.54) is 50.9 Å². The van der Waals surface area contributed by atoms with Gasteiger partial charge in [-0.3, -0.25) is 4.90 Å². The van der Waals surface area contributed by atoms with Crippen LogP contribution in [0.2, 0.25) is 10.0 Å². The van der Waals surface area contributed by atoms with Crippen LogP contribution in [-0.4, -0.2) is 30.6 Å². The minimum atomic E-state index is 0.639. The molecular formula is C16H22Cl2N2. The summed E-state index contributed by atoms with van der Waals surface area (Å²) in [5.41, 5.74) is 1.26. The molecule has 2 fully saturated rings. The maximum atomic E-state index is 6.07. The van der Waals surface area contributed by atoms with Crippen LogP contribution in [0.5, 0.6) is 0 Å². The monoisotopic (exact) mass is 312 g/mol. The molecule has 1 aromatic rings. The van der Waals surface area contributed by atoms with Gasteiger partial charge in [0.25, 0.3) is 0 Å². The Bertz CT molecular complexity index is 452. The molecule has 0 unspecified atom stereocenters. The fourth-order valence-electron chi connectivity index (χ4n) is 2.87. The molecule has 1 N–H and O–H groups in total. The summed E-state index contributed by atoms with van der Waals surface area (Å²) >= 11 is 12.0. The van der Waals surface area contributed by atoms with Crippen molar-refractivity contribution in [1.82, 2.24) is 10.2 Å². The molecule has 0 amide bonds. The third kappa shape index (κ3) is 4.11. The fourth-order valence-corrected chi connectivity index (χ4v) is 3.19. The van der Waals surface area contributed by atoms with Crippen LogP contribution in [0.15, 0.2) is 18.2 Å². The lowest BCUT2D eigenvalue weighted by Crippen LogP contribution is -2.37. The molecule has 1 heterocycles. The van der Waals surface area contributed by atoms with Crippen molar-refractivity contribution in [3.63, 3.8) is 0 Å². The quantitative estimate of drug-likeness (QED) is 0.885. The highest BCUT2D eigenvalue weighted by Gasteiger charge is 2.24. The second kappa shape index (κ2) is 6.65. The van der Waals surface area contributed by atoms with Gasteiger partial charge in [-0.05, 0) is 68.9 Å². The Balaban J connectivity index is 1.44. The van der Waals surface area contributed by atoms with Gasteiger partial charge >= 0.3 is 0 Å². The summed E-state index contributed by atoms with van der Waals surface area (Å²) in [7, 11) is 0. The summed E-state index contributed by atoms with van der Waals surface area (Å²) in [6, 6.07) is 6.80. The van der Waals surface area contributed by atoms with Crippen LogP contribution in [-0.2, 0) is 6.54 Å². The zero-order chi connectivity index (χ0) is 13.9. The highest BCUT2D eigenvalue weighted by molar-refractivity contribution is 6.42. The van der Waals surface area contributed by atoms with Gasteiger partial charge in [0.1, 0.15) is 0 Å². The van der Waals surface area contributed by atoms with Crippen LogP contribution in [0.3, 0.4) is 0 Å². The summed E-state index contributed by atoms with van der Waals surface area (Å²) in [5, 5.41) is 4.95. The molecule has 1 aromatic carbocycles. The van der Waals surface area contributed by atoms with Gasteiger partial charge in [-0.1, -0.05) is 29.3 Å². The van der Waals surface area contributed by atoms with Crippen molar-refractivity contribution >= 4 is 23.2 Å². The Morgan fingerprint density at radius 2 is 1.80 bits per heavy atom. The normalized spacial score (nSPS) is 21.3. The highest BCUT2D eigenvalue weighted by Crippen LogP contribution is 2.25. The average molecular weight is 313 g/mol. The third-order valence-corrected chi connectivity index (χ3v) is 5.11. The maximum absolute atomic E-state index is 6.07. The number of likely N-dealkylation sites (tertiary alicyclic amines) is 1. The Labute approximate surface area is 131 Å². The number of hydrogen-bond donors (Lipinski definition) is 1. The van der Waals surface area contributed by atoms with Crippen molar-refractivity contribution in [1.29, 1.82) is 0 Å². The van der Waals surface area contributed by atoms with E-state index in [2.05, 4.69) is 16.3 Å². The van der Waals surface area contributed by atoms with Crippen molar-refractivity contribution in [2.24, 2.45) is 5.92 Å². The van der Waals surface area contributed by atoms with Crippen molar-refractivity contribution in [3.8, 4) is 0 Å². The fraction of sp³-hybridized carbons (Fsp3) is 0.625. The second-order valence-corrected chi connectivity index (χ2v) is 6.96. The number of halogens is 2. The van der Waals surface area contributed by atoms with Crippen molar-refractivity contribution in [2.75, 3.05) is 19.6 Å². The predicted octanol–water partition coefficient (Wildman–Crippen LogP) is 3.96. The van der Waals surface area contributed by atoms with Crippen molar-refractivity contribution < 1.29 is 0 Å². The van der Waals surface area contributed by atoms with E-state index in [9.17, 15) is 0 Å². The maximum Gasteiger partial charge on any atom is 0.0595 e. The molecule has 3 rings (SSSR count). The van der Waals surface area contributed by atoms with Gasteiger partial charge in [-0.25, -0.2) is 0 Å². The third-order valence-electron chi connectivity index (χ3n) is 4.37. The van der Waals surface area contributed by atoms with E-state index >= 15 is 0 Å². The topological polar surface area (TPSA) is 15.3 Å². The predicted molar refractivity (Wildman–Crippen MR) is 85.5 cm³/mol. The first-order valence-electron chi connectivity index (χ1n) is 7.60. The van der Waals surface area contributed by atoms with Crippen LogP contribution >= 0.6 is 23.2 Å². The number of nitrogens with zero attached hydrogens (tertiary/aromatic N) is 1. The highest BCUT2D eigenvalue weighted by atomic mass is 35.5. The standard InChI is InChI=1S/C16H22Cl2N2/c17-15-4-1-13(9-16(15)18)11-20-7-5-12(6-8-20)10-19-14-2-3-14/h1,4,9,12,14,19H,2-3,5-8,10-11H2. The first kappa shape index (κ1) is 14.6. The SMILES string of the molecule is Clc1ccc(CN2CCC(CNC3CC3)CC2)cc1Cl. The molecule has 1 saturated carbocycles. The summed E-state index contributed by atoms with van der Waals surface area (Å²) in [4.78, 5) is 2.52. The number of rotatable bonds is 5. The van der Waals surface area contributed by atoms with Crippen molar-refractivity contribution in [3.05, 3.63) is 33.8 Å². The van der Waals surface area contributed by atoms with Gasteiger partial charge in [0.2, 0.25) is 0 Å². The molecule has 0 aromatic heterocycles. The van der Waals surface area contributed by atoms with Crippen LogP contribution in [0.25, 0.3) is 0 Å². The van der Waals surface area contributed by atoms with E-state index in [0.29, 0.717) is 10.0 Å². The Kier molecular flexibility index (Phi) is 4.87. The molecule has 0 atom stereocenters. The zero-order valence-electron chi connectivity index (χ0n) is 11.7. The second-order valence-electron chi connectivity index (χ2n) is 6.15. The van der Waals surface area contributed by atoms with E-state index in [1.54, 1.807) is 0 Å². The molecule has 4 heteroatoms. The zero-order valence-corrected chi connectivity index (χ0v) is 13.3. The largest absolute Gasteiger partial charge is 0.314 e. The lowest BCUT2D eigenvalue weighted by Gasteiger charge is -2.32. The molecule has 1 aliphatic heterocycles. The number of benzene rings is 1. The Morgan fingerprint density at radius 3 is 2.45 bits per heavy atom. The van der Waals surface area contributed by atoms with E-state index in [1.807, 2.05) is 12.1 Å². The lowest BCUT2D eigenvalue weighted by atomic mass is 9.96. The van der Waals surface area contributed by atoms with Gasteiger partial charge < -0.3 is 5.32 Å².